The third-order valence-corrected chi connectivity index (χ3v) is 2.96. The van der Waals surface area contributed by atoms with Crippen molar-refractivity contribution in [2.45, 2.75) is 6.92 Å². The first kappa shape index (κ1) is 11.2. The van der Waals surface area contributed by atoms with E-state index < -0.39 is 0 Å². The average Bonchev–Trinajstić information content (AvgIpc) is 2.70. The second kappa shape index (κ2) is 4.28. The van der Waals surface area contributed by atoms with Crippen LogP contribution in [-0.4, -0.2) is 15.3 Å². The van der Waals surface area contributed by atoms with E-state index in [1.54, 1.807) is 35.2 Å². The topological polar surface area (TPSA) is 34.9 Å². The fourth-order valence-corrected chi connectivity index (χ4v) is 1.82. The molecule has 5 heteroatoms. The van der Waals surface area contributed by atoms with Crippen molar-refractivity contribution in [3.63, 3.8) is 0 Å². The lowest BCUT2D eigenvalue weighted by Gasteiger charge is -2.08. The van der Waals surface area contributed by atoms with Crippen molar-refractivity contribution in [1.29, 1.82) is 0 Å². The number of Topliss-reactive ketones (excluding diaryl/α,β-unsaturated/α-hetero) is 1. The van der Waals surface area contributed by atoms with Crippen LogP contribution in [0.15, 0.2) is 30.6 Å². The van der Waals surface area contributed by atoms with Gasteiger partial charge in [-0.25, -0.2) is 4.98 Å². The maximum atomic E-state index is 11.3. The number of rotatable bonds is 2. The van der Waals surface area contributed by atoms with E-state index in [-0.39, 0.29) is 5.78 Å². The van der Waals surface area contributed by atoms with Crippen LogP contribution in [-0.2, 0) is 0 Å². The Morgan fingerprint density at radius 1 is 1.38 bits per heavy atom. The Hall–Kier alpha value is -1.32. The Balaban J connectivity index is 2.63. The minimum absolute atomic E-state index is 0.124. The van der Waals surface area contributed by atoms with Gasteiger partial charge in [0.1, 0.15) is 0 Å². The lowest BCUT2D eigenvalue weighted by atomic mass is 10.3. The molecule has 2 rings (SSSR count). The normalized spacial score (nSPS) is 10.4. The molecule has 0 bridgehead atoms. The molecule has 0 aliphatic heterocycles. The second-order valence-electron chi connectivity index (χ2n) is 3.25. The van der Waals surface area contributed by atoms with Crippen LogP contribution in [0.25, 0.3) is 5.69 Å². The SMILES string of the molecule is CC(=O)c1nccn1-c1cccc(Cl)c1Cl. The molecule has 0 atom stereocenters. The minimum atomic E-state index is -0.124. The molecule has 0 amide bonds. The molecule has 1 heterocycles. The number of imidazole rings is 1. The number of carbonyl (C=O) groups is 1. The van der Waals surface area contributed by atoms with E-state index in [2.05, 4.69) is 4.98 Å². The molecule has 0 radical (unpaired) electrons. The van der Waals surface area contributed by atoms with Crippen molar-refractivity contribution in [2.24, 2.45) is 0 Å². The Bertz CT molecular complexity index is 549. The lowest BCUT2D eigenvalue weighted by Crippen LogP contribution is -2.05. The average molecular weight is 255 g/mol. The van der Waals surface area contributed by atoms with Crippen LogP contribution in [0, 0.1) is 0 Å². The standard InChI is InChI=1S/C11H8Cl2N2O/c1-7(16)11-14-5-6-15(11)9-4-2-3-8(12)10(9)13/h2-6H,1H3. The Morgan fingerprint density at radius 2 is 2.12 bits per heavy atom. The molecule has 2 aromatic rings. The number of carbonyl (C=O) groups excluding carboxylic acids is 1. The van der Waals surface area contributed by atoms with Gasteiger partial charge in [0.05, 0.1) is 15.7 Å². The van der Waals surface area contributed by atoms with Gasteiger partial charge in [-0.1, -0.05) is 29.3 Å². The minimum Gasteiger partial charge on any atom is -0.296 e. The summed E-state index contributed by atoms with van der Waals surface area (Å²) in [5.41, 5.74) is 0.650. The first-order valence-electron chi connectivity index (χ1n) is 4.60. The zero-order valence-corrected chi connectivity index (χ0v) is 9.96. The highest BCUT2D eigenvalue weighted by atomic mass is 35.5. The quantitative estimate of drug-likeness (QED) is 0.771. The van der Waals surface area contributed by atoms with E-state index in [4.69, 9.17) is 23.2 Å². The van der Waals surface area contributed by atoms with Crippen molar-refractivity contribution in [3.05, 3.63) is 46.5 Å². The molecule has 0 saturated heterocycles. The highest BCUT2D eigenvalue weighted by Gasteiger charge is 2.12. The van der Waals surface area contributed by atoms with Crippen LogP contribution in [0.3, 0.4) is 0 Å². The van der Waals surface area contributed by atoms with Gasteiger partial charge in [0.2, 0.25) is 0 Å². The molecule has 0 N–H and O–H groups in total. The summed E-state index contributed by atoms with van der Waals surface area (Å²) in [6, 6.07) is 5.24. The first-order chi connectivity index (χ1) is 7.61. The van der Waals surface area contributed by atoms with Crippen LogP contribution < -0.4 is 0 Å². The van der Waals surface area contributed by atoms with Crippen molar-refractivity contribution < 1.29 is 4.79 Å². The third-order valence-electron chi connectivity index (χ3n) is 2.15. The molecule has 1 aromatic heterocycles. The van der Waals surface area contributed by atoms with Gasteiger partial charge >= 0.3 is 0 Å². The van der Waals surface area contributed by atoms with Gasteiger partial charge in [0, 0.05) is 19.3 Å². The van der Waals surface area contributed by atoms with Crippen LogP contribution in [0.2, 0.25) is 10.0 Å². The van der Waals surface area contributed by atoms with Gasteiger partial charge in [-0.3, -0.25) is 9.36 Å². The van der Waals surface area contributed by atoms with E-state index in [9.17, 15) is 4.79 Å². The van der Waals surface area contributed by atoms with Crippen molar-refractivity contribution in [1.82, 2.24) is 9.55 Å². The maximum absolute atomic E-state index is 11.3. The van der Waals surface area contributed by atoms with Gasteiger partial charge in [-0.2, -0.15) is 0 Å². The van der Waals surface area contributed by atoms with E-state index in [1.165, 1.54) is 6.92 Å². The lowest BCUT2D eigenvalue weighted by molar-refractivity contribution is 0.100. The van der Waals surface area contributed by atoms with E-state index in [1.807, 2.05) is 0 Å². The molecule has 0 aliphatic rings. The van der Waals surface area contributed by atoms with Crippen LogP contribution in [0.4, 0.5) is 0 Å². The number of benzene rings is 1. The highest BCUT2D eigenvalue weighted by molar-refractivity contribution is 6.43. The van der Waals surface area contributed by atoms with E-state index in [0.717, 1.165) is 0 Å². The summed E-state index contributed by atoms with van der Waals surface area (Å²) < 4.78 is 1.62. The summed E-state index contributed by atoms with van der Waals surface area (Å²) in [7, 11) is 0. The molecule has 16 heavy (non-hydrogen) atoms. The molecule has 82 valence electrons. The molecule has 0 saturated carbocycles. The zero-order chi connectivity index (χ0) is 11.7. The summed E-state index contributed by atoms with van der Waals surface area (Å²) in [4.78, 5) is 15.3. The largest absolute Gasteiger partial charge is 0.296 e. The summed E-state index contributed by atoms with van der Waals surface area (Å²) >= 11 is 12.0. The summed E-state index contributed by atoms with van der Waals surface area (Å²) in [5, 5.41) is 0.854. The number of ketones is 1. The Labute approximate surface area is 103 Å². The predicted octanol–water partition coefficient (Wildman–Crippen LogP) is 3.38. The summed E-state index contributed by atoms with van der Waals surface area (Å²) in [6.07, 6.45) is 3.22. The molecule has 0 spiro atoms. The highest BCUT2D eigenvalue weighted by Crippen LogP contribution is 2.28. The van der Waals surface area contributed by atoms with Crippen molar-refractivity contribution >= 4 is 29.0 Å². The molecule has 0 unspecified atom stereocenters. The van der Waals surface area contributed by atoms with Gasteiger partial charge < -0.3 is 0 Å². The fourth-order valence-electron chi connectivity index (χ4n) is 1.44. The first-order valence-corrected chi connectivity index (χ1v) is 5.35. The number of hydrogen-bond acceptors (Lipinski definition) is 2. The molecule has 1 aromatic carbocycles. The number of aromatic nitrogens is 2. The van der Waals surface area contributed by atoms with Crippen molar-refractivity contribution in [2.75, 3.05) is 0 Å². The van der Waals surface area contributed by atoms with Crippen LogP contribution in [0.5, 0.6) is 0 Å². The monoisotopic (exact) mass is 254 g/mol. The van der Waals surface area contributed by atoms with Gasteiger partial charge in [0.25, 0.3) is 0 Å². The van der Waals surface area contributed by atoms with Crippen LogP contribution >= 0.6 is 23.2 Å². The molecule has 0 aliphatic carbocycles. The molecule has 3 nitrogen and oxygen atoms in total. The predicted molar refractivity (Wildman–Crippen MR) is 63.6 cm³/mol. The van der Waals surface area contributed by atoms with E-state index in [0.29, 0.717) is 21.6 Å². The third kappa shape index (κ3) is 1.84. The van der Waals surface area contributed by atoms with Gasteiger partial charge in [-0.15, -0.1) is 0 Å². The molecular formula is C11H8Cl2N2O. The van der Waals surface area contributed by atoms with Gasteiger partial charge in [0.15, 0.2) is 11.6 Å². The van der Waals surface area contributed by atoms with E-state index >= 15 is 0 Å². The fraction of sp³-hybridized carbons (Fsp3) is 0.0909. The van der Waals surface area contributed by atoms with Crippen molar-refractivity contribution in [3.8, 4) is 5.69 Å². The second-order valence-corrected chi connectivity index (χ2v) is 4.04. The smallest absolute Gasteiger partial charge is 0.195 e. The number of hydrogen-bond donors (Lipinski definition) is 0. The number of halogens is 2. The summed E-state index contributed by atoms with van der Waals surface area (Å²) in [5.74, 6) is 0.213. The number of nitrogens with zero attached hydrogens (tertiary/aromatic N) is 2. The maximum Gasteiger partial charge on any atom is 0.195 e. The summed E-state index contributed by atoms with van der Waals surface area (Å²) in [6.45, 7) is 1.46. The Morgan fingerprint density at radius 3 is 2.81 bits per heavy atom. The van der Waals surface area contributed by atoms with Gasteiger partial charge in [-0.05, 0) is 12.1 Å². The Kier molecular flexibility index (Phi) is 2.99. The molecular weight excluding hydrogens is 247 g/mol. The van der Waals surface area contributed by atoms with Crippen LogP contribution in [0.1, 0.15) is 17.5 Å². The molecule has 0 fully saturated rings. The zero-order valence-electron chi connectivity index (χ0n) is 8.45.